The van der Waals surface area contributed by atoms with E-state index in [0.29, 0.717) is 15.8 Å². The van der Waals surface area contributed by atoms with Crippen LogP contribution in [0.25, 0.3) is 0 Å². The number of carboxylic acid groups (broad SMARTS) is 1. The number of aromatic nitrogens is 1. The number of hydrogen-bond donors (Lipinski definition) is 1. The number of aryl methyl sites for hydroxylation is 1. The molecule has 0 amide bonds. The van der Waals surface area contributed by atoms with E-state index in [4.69, 9.17) is 9.84 Å². The highest BCUT2D eigenvalue weighted by Crippen LogP contribution is 2.31. The van der Waals surface area contributed by atoms with E-state index in [2.05, 4.69) is 20.9 Å². The normalized spacial score (nSPS) is 10.3. The molecular weight excluding hydrogens is 317 g/mol. The molecule has 4 nitrogen and oxygen atoms in total. The van der Waals surface area contributed by atoms with Gasteiger partial charge in [0.15, 0.2) is 0 Å². The fourth-order valence-electron chi connectivity index (χ4n) is 1.53. The first kappa shape index (κ1) is 13.5. The summed E-state index contributed by atoms with van der Waals surface area (Å²) < 4.78 is 18.8. The van der Waals surface area contributed by atoms with Gasteiger partial charge in [-0.2, -0.15) is 0 Å². The van der Waals surface area contributed by atoms with Crippen molar-refractivity contribution >= 4 is 21.9 Å². The van der Waals surface area contributed by atoms with Gasteiger partial charge in [0.05, 0.1) is 4.47 Å². The number of nitrogens with zero attached hydrogens (tertiary/aromatic N) is 1. The SMILES string of the molecule is Cc1ccnc(Oc2ccc(F)cc2Br)c1C(=O)O. The monoisotopic (exact) mass is 325 g/mol. The minimum Gasteiger partial charge on any atom is -0.477 e. The Morgan fingerprint density at radius 2 is 2.16 bits per heavy atom. The second-order valence-electron chi connectivity index (χ2n) is 3.79. The van der Waals surface area contributed by atoms with Crippen LogP contribution in [0.2, 0.25) is 0 Å². The number of carbonyl (C=O) groups is 1. The molecule has 0 bridgehead atoms. The summed E-state index contributed by atoms with van der Waals surface area (Å²) in [5.74, 6) is -1.28. The highest BCUT2D eigenvalue weighted by atomic mass is 79.9. The average molecular weight is 326 g/mol. The molecule has 0 spiro atoms. The molecule has 1 aromatic carbocycles. The Bertz CT molecular complexity index is 646. The second-order valence-corrected chi connectivity index (χ2v) is 4.64. The molecule has 0 saturated heterocycles. The Morgan fingerprint density at radius 3 is 2.79 bits per heavy atom. The Morgan fingerprint density at radius 1 is 1.42 bits per heavy atom. The molecule has 98 valence electrons. The molecule has 0 atom stereocenters. The molecule has 1 heterocycles. The van der Waals surface area contributed by atoms with Gasteiger partial charge in [-0.05, 0) is 52.7 Å². The van der Waals surface area contributed by atoms with Crippen molar-refractivity contribution in [2.24, 2.45) is 0 Å². The third-order valence-corrected chi connectivity index (χ3v) is 3.06. The van der Waals surface area contributed by atoms with Crippen LogP contribution in [0.1, 0.15) is 15.9 Å². The summed E-state index contributed by atoms with van der Waals surface area (Å²) in [6, 6.07) is 5.42. The molecule has 0 aliphatic rings. The first-order valence-corrected chi connectivity index (χ1v) is 6.10. The van der Waals surface area contributed by atoms with Crippen molar-refractivity contribution in [3.8, 4) is 11.6 Å². The van der Waals surface area contributed by atoms with Crippen molar-refractivity contribution in [1.82, 2.24) is 4.98 Å². The highest BCUT2D eigenvalue weighted by Gasteiger charge is 2.17. The third kappa shape index (κ3) is 2.90. The zero-order valence-corrected chi connectivity index (χ0v) is 11.4. The summed E-state index contributed by atoms with van der Waals surface area (Å²) in [5.41, 5.74) is 0.523. The van der Waals surface area contributed by atoms with Crippen molar-refractivity contribution in [3.63, 3.8) is 0 Å². The minimum atomic E-state index is -1.13. The van der Waals surface area contributed by atoms with E-state index in [9.17, 15) is 9.18 Å². The van der Waals surface area contributed by atoms with E-state index in [1.165, 1.54) is 24.4 Å². The fraction of sp³-hybridized carbons (Fsp3) is 0.0769. The second kappa shape index (κ2) is 5.36. The number of carboxylic acids is 1. The molecule has 19 heavy (non-hydrogen) atoms. The number of halogens is 2. The van der Waals surface area contributed by atoms with Gasteiger partial charge in [-0.1, -0.05) is 0 Å². The van der Waals surface area contributed by atoms with Crippen LogP contribution in [0.4, 0.5) is 4.39 Å². The van der Waals surface area contributed by atoms with Gasteiger partial charge in [-0.25, -0.2) is 14.2 Å². The summed E-state index contributed by atoms with van der Waals surface area (Å²) in [4.78, 5) is 15.1. The zero-order valence-electron chi connectivity index (χ0n) is 9.85. The summed E-state index contributed by atoms with van der Waals surface area (Å²) in [7, 11) is 0. The summed E-state index contributed by atoms with van der Waals surface area (Å²) in [5, 5.41) is 9.15. The van der Waals surface area contributed by atoms with Crippen LogP contribution in [0.3, 0.4) is 0 Å². The molecule has 2 aromatic rings. The summed E-state index contributed by atoms with van der Waals surface area (Å²) in [6.45, 7) is 1.65. The lowest BCUT2D eigenvalue weighted by Crippen LogP contribution is -2.04. The first-order valence-electron chi connectivity index (χ1n) is 5.31. The smallest absolute Gasteiger partial charge is 0.341 e. The quantitative estimate of drug-likeness (QED) is 0.932. The van der Waals surface area contributed by atoms with Gasteiger partial charge in [0.1, 0.15) is 17.1 Å². The van der Waals surface area contributed by atoms with E-state index < -0.39 is 11.8 Å². The molecule has 0 aliphatic carbocycles. The van der Waals surface area contributed by atoms with Crippen molar-refractivity contribution < 1.29 is 19.0 Å². The number of benzene rings is 1. The van der Waals surface area contributed by atoms with E-state index >= 15 is 0 Å². The Labute approximate surface area is 117 Å². The zero-order chi connectivity index (χ0) is 14.0. The maximum Gasteiger partial charge on any atom is 0.341 e. The summed E-state index contributed by atoms with van der Waals surface area (Å²) in [6.07, 6.45) is 1.45. The molecule has 0 radical (unpaired) electrons. The molecule has 2 rings (SSSR count). The Balaban J connectivity index is 2.44. The highest BCUT2D eigenvalue weighted by molar-refractivity contribution is 9.10. The predicted octanol–water partition coefficient (Wildman–Crippen LogP) is 3.78. The molecule has 0 fully saturated rings. The van der Waals surface area contributed by atoms with Crippen LogP contribution in [0.15, 0.2) is 34.9 Å². The van der Waals surface area contributed by atoms with E-state index in [1.54, 1.807) is 13.0 Å². The first-order chi connectivity index (χ1) is 8.99. The van der Waals surface area contributed by atoms with E-state index in [0.717, 1.165) is 0 Å². The van der Waals surface area contributed by atoms with Crippen LogP contribution < -0.4 is 4.74 Å². The molecular formula is C13H9BrFNO3. The van der Waals surface area contributed by atoms with Crippen molar-refractivity contribution in [2.75, 3.05) is 0 Å². The predicted molar refractivity (Wildman–Crippen MR) is 70.1 cm³/mol. The number of pyridine rings is 1. The van der Waals surface area contributed by atoms with Crippen LogP contribution in [0, 0.1) is 12.7 Å². The largest absolute Gasteiger partial charge is 0.477 e. The maximum atomic E-state index is 13.0. The van der Waals surface area contributed by atoms with Gasteiger partial charge in [0.2, 0.25) is 5.88 Å². The van der Waals surface area contributed by atoms with Crippen LogP contribution >= 0.6 is 15.9 Å². The molecule has 0 saturated carbocycles. The lowest BCUT2D eigenvalue weighted by atomic mass is 10.1. The Hall–Kier alpha value is -1.95. The van der Waals surface area contributed by atoms with E-state index in [-0.39, 0.29) is 11.4 Å². The standard InChI is InChI=1S/C13H9BrFNO3/c1-7-4-5-16-12(11(7)13(17)18)19-10-3-2-8(15)6-9(10)14/h2-6H,1H3,(H,17,18). The van der Waals surface area contributed by atoms with Crippen molar-refractivity contribution in [3.05, 3.63) is 51.9 Å². The van der Waals surface area contributed by atoms with Crippen LogP contribution in [-0.2, 0) is 0 Å². The minimum absolute atomic E-state index is 0.0151. The molecule has 0 aliphatic heterocycles. The fourth-order valence-corrected chi connectivity index (χ4v) is 1.96. The lowest BCUT2D eigenvalue weighted by molar-refractivity contribution is 0.0692. The molecule has 0 unspecified atom stereocenters. The molecule has 1 N–H and O–H groups in total. The van der Waals surface area contributed by atoms with Crippen LogP contribution in [0.5, 0.6) is 11.6 Å². The van der Waals surface area contributed by atoms with Gasteiger partial charge in [0, 0.05) is 6.20 Å². The van der Waals surface area contributed by atoms with Crippen molar-refractivity contribution in [2.45, 2.75) is 6.92 Å². The lowest BCUT2D eigenvalue weighted by Gasteiger charge is -2.10. The van der Waals surface area contributed by atoms with Gasteiger partial charge in [-0.3, -0.25) is 0 Å². The number of rotatable bonds is 3. The van der Waals surface area contributed by atoms with Gasteiger partial charge >= 0.3 is 5.97 Å². The molecule has 6 heteroatoms. The Kier molecular flexibility index (Phi) is 3.80. The third-order valence-electron chi connectivity index (χ3n) is 2.44. The van der Waals surface area contributed by atoms with Gasteiger partial charge in [0.25, 0.3) is 0 Å². The number of ether oxygens (including phenoxy) is 1. The number of hydrogen-bond acceptors (Lipinski definition) is 3. The maximum absolute atomic E-state index is 13.0. The van der Waals surface area contributed by atoms with Crippen LogP contribution in [-0.4, -0.2) is 16.1 Å². The van der Waals surface area contributed by atoms with Gasteiger partial charge in [-0.15, -0.1) is 0 Å². The summed E-state index contributed by atoms with van der Waals surface area (Å²) >= 11 is 3.14. The average Bonchev–Trinajstić information content (AvgIpc) is 2.32. The van der Waals surface area contributed by atoms with Gasteiger partial charge < -0.3 is 9.84 Å². The number of aromatic carboxylic acids is 1. The molecule has 1 aromatic heterocycles. The van der Waals surface area contributed by atoms with Crippen molar-refractivity contribution in [1.29, 1.82) is 0 Å². The topological polar surface area (TPSA) is 59.4 Å². The van der Waals surface area contributed by atoms with E-state index in [1.807, 2.05) is 0 Å².